The standard InChI is InChI=1S/C12H22O4/c1-3-4-7-10(12(14)15)8-5-6-9-11(13)16-2/h10H,3-9H2,1-2H3,(H,14,15). The van der Waals surface area contributed by atoms with Crippen LogP contribution in [0, 0.1) is 5.92 Å². The molecule has 0 aromatic heterocycles. The highest BCUT2D eigenvalue weighted by Gasteiger charge is 2.16. The van der Waals surface area contributed by atoms with Gasteiger partial charge >= 0.3 is 11.9 Å². The minimum Gasteiger partial charge on any atom is -0.481 e. The lowest BCUT2D eigenvalue weighted by atomic mass is 9.96. The molecule has 4 heteroatoms. The molecule has 4 nitrogen and oxygen atoms in total. The molecule has 0 aliphatic rings. The SMILES string of the molecule is CCCCC(CCCCC(=O)OC)C(=O)O. The van der Waals surface area contributed by atoms with Gasteiger partial charge in [-0.15, -0.1) is 0 Å². The van der Waals surface area contributed by atoms with Crippen LogP contribution in [0.4, 0.5) is 0 Å². The Balaban J connectivity index is 3.67. The molecular formula is C12H22O4. The number of carbonyl (C=O) groups is 2. The number of ether oxygens (including phenoxy) is 1. The predicted octanol–water partition coefficient (Wildman–Crippen LogP) is 2.61. The summed E-state index contributed by atoms with van der Waals surface area (Å²) in [4.78, 5) is 21.7. The summed E-state index contributed by atoms with van der Waals surface area (Å²) in [6.07, 6.45) is 5.24. The number of methoxy groups -OCH3 is 1. The molecule has 16 heavy (non-hydrogen) atoms. The van der Waals surface area contributed by atoms with Gasteiger partial charge in [-0.2, -0.15) is 0 Å². The number of esters is 1. The maximum atomic E-state index is 10.9. The zero-order valence-electron chi connectivity index (χ0n) is 10.2. The molecule has 1 atom stereocenters. The van der Waals surface area contributed by atoms with E-state index >= 15 is 0 Å². The Morgan fingerprint density at radius 3 is 2.31 bits per heavy atom. The Morgan fingerprint density at radius 1 is 1.19 bits per heavy atom. The second-order valence-corrected chi connectivity index (χ2v) is 4.00. The Labute approximate surface area is 97.0 Å². The number of hydrogen-bond acceptors (Lipinski definition) is 3. The van der Waals surface area contributed by atoms with Gasteiger partial charge in [-0.3, -0.25) is 9.59 Å². The lowest BCUT2D eigenvalue weighted by Gasteiger charge is -2.10. The smallest absolute Gasteiger partial charge is 0.306 e. The largest absolute Gasteiger partial charge is 0.481 e. The van der Waals surface area contributed by atoms with Crippen molar-refractivity contribution in [3.63, 3.8) is 0 Å². The van der Waals surface area contributed by atoms with E-state index in [0.29, 0.717) is 19.3 Å². The van der Waals surface area contributed by atoms with E-state index in [-0.39, 0.29) is 11.9 Å². The molecule has 0 bridgehead atoms. The molecule has 94 valence electrons. The van der Waals surface area contributed by atoms with Gasteiger partial charge in [0.1, 0.15) is 0 Å². The summed E-state index contributed by atoms with van der Waals surface area (Å²) in [7, 11) is 1.36. The van der Waals surface area contributed by atoms with E-state index in [1.165, 1.54) is 7.11 Å². The van der Waals surface area contributed by atoms with Crippen molar-refractivity contribution in [3.05, 3.63) is 0 Å². The van der Waals surface area contributed by atoms with Gasteiger partial charge < -0.3 is 9.84 Å². The molecule has 0 aliphatic heterocycles. The summed E-state index contributed by atoms with van der Waals surface area (Å²) in [5.41, 5.74) is 0. The van der Waals surface area contributed by atoms with Crippen LogP contribution in [0.25, 0.3) is 0 Å². The van der Waals surface area contributed by atoms with E-state index in [1.54, 1.807) is 0 Å². The summed E-state index contributed by atoms with van der Waals surface area (Å²) >= 11 is 0. The molecule has 0 amide bonds. The van der Waals surface area contributed by atoms with Gasteiger partial charge in [0, 0.05) is 6.42 Å². The van der Waals surface area contributed by atoms with Crippen LogP contribution in [0.15, 0.2) is 0 Å². The molecule has 0 saturated carbocycles. The fourth-order valence-electron chi connectivity index (χ4n) is 1.60. The highest BCUT2D eigenvalue weighted by Crippen LogP contribution is 2.17. The zero-order valence-corrected chi connectivity index (χ0v) is 10.2. The van der Waals surface area contributed by atoms with Crippen molar-refractivity contribution in [3.8, 4) is 0 Å². The van der Waals surface area contributed by atoms with Crippen LogP contribution >= 0.6 is 0 Å². The minimum absolute atomic E-state index is 0.222. The summed E-state index contributed by atoms with van der Waals surface area (Å²) in [6, 6.07) is 0. The second-order valence-electron chi connectivity index (χ2n) is 4.00. The predicted molar refractivity (Wildman–Crippen MR) is 61.1 cm³/mol. The quantitative estimate of drug-likeness (QED) is 0.488. The first-order valence-corrected chi connectivity index (χ1v) is 5.91. The van der Waals surface area contributed by atoms with Crippen LogP contribution in [-0.2, 0) is 14.3 Å². The van der Waals surface area contributed by atoms with Crippen molar-refractivity contribution < 1.29 is 19.4 Å². The number of carboxylic acid groups (broad SMARTS) is 1. The van der Waals surface area contributed by atoms with E-state index in [9.17, 15) is 9.59 Å². The van der Waals surface area contributed by atoms with Crippen molar-refractivity contribution in [1.29, 1.82) is 0 Å². The average Bonchev–Trinajstić information content (AvgIpc) is 2.27. The number of unbranched alkanes of at least 4 members (excludes halogenated alkanes) is 2. The summed E-state index contributed by atoms with van der Waals surface area (Å²) in [6.45, 7) is 2.05. The summed E-state index contributed by atoms with van der Waals surface area (Å²) in [5.74, 6) is -1.19. The number of hydrogen-bond donors (Lipinski definition) is 1. The lowest BCUT2D eigenvalue weighted by Crippen LogP contribution is -2.13. The number of aliphatic carboxylic acids is 1. The van der Waals surface area contributed by atoms with Crippen molar-refractivity contribution in [2.45, 2.75) is 51.9 Å². The van der Waals surface area contributed by atoms with Gasteiger partial charge in [-0.05, 0) is 19.3 Å². The van der Waals surface area contributed by atoms with Crippen LogP contribution in [0.3, 0.4) is 0 Å². The summed E-state index contributed by atoms with van der Waals surface area (Å²) in [5, 5.41) is 8.96. The van der Waals surface area contributed by atoms with Gasteiger partial charge in [0.25, 0.3) is 0 Å². The highest BCUT2D eigenvalue weighted by molar-refractivity contribution is 5.70. The fraction of sp³-hybridized carbons (Fsp3) is 0.833. The first kappa shape index (κ1) is 14.9. The van der Waals surface area contributed by atoms with Gasteiger partial charge in [-0.25, -0.2) is 0 Å². The first-order valence-electron chi connectivity index (χ1n) is 5.91. The fourth-order valence-corrected chi connectivity index (χ4v) is 1.60. The molecule has 0 aromatic rings. The molecule has 0 spiro atoms. The molecule has 0 heterocycles. The highest BCUT2D eigenvalue weighted by atomic mass is 16.5. The zero-order chi connectivity index (χ0) is 12.4. The number of carboxylic acids is 1. The first-order chi connectivity index (χ1) is 7.61. The van der Waals surface area contributed by atoms with Crippen LogP contribution in [0.5, 0.6) is 0 Å². The van der Waals surface area contributed by atoms with E-state index in [2.05, 4.69) is 11.7 Å². The van der Waals surface area contributed by atoms with Crippen molar-refractivity contribution >= 4 is 11.9 Å². The summed E-state index contributed by atoms with van der Waals surface area (Å²) < 4.78 is 4.51. The maximum absolute atomic E-state index is 10.9. The lowest BCUT2D eigenvalue weighted by molar-refractivity contribution is -0.142. The number of carbonyl (C=O) groups excluding carboxylic acids is 1. The molecule has 0 aliphatic carbocycles. The van der Waals surface area contributed by atoms with E-state index < -0.39 is 5.97 Å². The Kier molecular flexibility index (Phi) is 8.58. The van der Waals surface area contributed by atoms with E-state index in [4.69, 9.17) is 5.11 Å². The van der Waals surface area contributed by atoms with Gasteiger partial charge in [0.2, 0.25) is 0 Å². The third-order valence-electron chi connectivity index (χ3n) is 2.67. The van der Waals surface area contributed by atoms with Crippen LogP contribution < -0.4 is 0 Å². The molecule has 0 fully saturated rings. The van der Waals surface area contributed by atoms with Gasteiger partial charge in [0.05, 0.1) is 13.0 Å². The Bertz CT molecular complexity index is 213. The van der Waals surface area contributed by atoms with Gasteiger partial charge in [0.15, 0.2) is 0 Å². The molecular weight excluding hydrogens is 208 g/mol. The topological polar surface area (TPSA) is 63.6 Å². The van der Waals surface area contributed by atoms with E-state index in [0.717, 1.165) is 25.7 Å². The molecule has 0 rings (SSSR count). The molecule has 1 unspecified atom stereocenters. The third-order valence-corrected chi connectivity index (χ3v) is 2.67. The maximum Gasteiger partial charge on any atom is 0.306 e. The van der Waals surface area contributed by atoms with Crippen molar-refractivity contribution in [1.82, 2.24) is 0 Å². The third kappa shape index (κ3) is 7.26. The Hall–Kier alpha value is -1.06. The monoisotopic (exact) mass is 230 g/mol. The second kappa shape index (κ2) is 9.19. The normalized spacial score (nSPS) is 12.1. The van der Waals surface area contributed by atoms with Crippen LogP contribution in [-0.4, -0.2) is 24.2 Å². The molecule has 0 radical (unpaired) electrons. The van der Waals surface area contributed by atoms with Crippen molar-refractivity contribution in [2.24, 2.45) is 5.92 Å². The Morgan fingerprint density at radius 2 is 1.81 bits per heavy atom. The van der Waals surface area contributed by atoms with Crippen LogP contribution in [0.2, 0.25) is 0 Å². The van der Waals surface area contributed by atoms with Gasteiger partial charge in [-0.1, -0.05) is 26.2 Å². The minimum atomic E-state index is -0.716. The van der Waals surface area contributed by atoms with E-state index in [1.807, 2.05) is 0 Å². The molecule has 0 aromatic carbocycles. The van der Waals surface area contributed by atoms with Crippen LogP contribution in [0.1, 0.15) is 51.9 Å². The number of rotatable bonds is 9. The molecule has 1 N–H and O–H groups in total. The molecule has 0 saturated heterocycles. The van der Waals surface area contributed by atoms with Crippen molar-refractivity contribution in [2.75, 3.05) is 7.11 Å². The average molecular weight is 230 g/mol.